The van der Waals surface area contributed by atoms with E-state index in [1.165, 1.54) is 13.2 Å². The molecule has 0 bridgehead atoms. The Morgan fingerprint density at radius 3 is 2.51 bits per heavy atom. The van der Waals surface area contributed by atoms with E-state index >= 15 is 0 Å². The van der Waals surface area contributed by atoms with Gasteiger partial charge in [-0.05, 0) is 64.5 Å². The van der Waals surface area contributed by atoms with E-state index in [2.05, 4.69) is 52.0 Å². The van der Waals surface area contributed by atoms with Crippen LogP contribution < -0.4 is 25.5 Å². The van der Waals surface area contributed by atoms with Crippen LogP contribution in [0.4, 0.5) is 23.5 Å². The Hall–Kier alpha value is -4.32. The van der Waals surface area contributed by atoms with Gasteiger partial charge in [0.2, 0.25) is 17.8 Å². The highest BCUT2D eigenvalue weighted by atomic mass is 79.9. The number of halogens is 1. The van der Waals surface area contributed by atoms with Gasteiger partial charge in [0.15, 0.2) is 11.5 Å². The van der Waals surface area contributed by atoms with Crippen LogP contribution >= 0.6 is 15.9 Å². The number of rotatable bonds is 10. The summed E-state index contributed by atoms with van der Waals surface area (Å²) >= 11 is 3.39. The fourth-order valence-corrected chi connectivity index (χ4v) is 3.36. The van der Waals surface area contributed by atoms with Crippen molar-refractivity contribution in [2.45, 2.75) is 6.54 Å². The molecule has 35 heavy (non-hydrogen) atoms. The predicted octanol–water partition coefficient (Wildman–Crippen LogP) is 4.75. The quantitative estimate of drug-likeness (QED) is 0.165. The lowest BCUT2D eigenvalue weighted by atomic mass is 10.2. The number of nitrogens with one attached hydrogen (secondary N) is 3. The molecule has 0 spiro atoms. The molecular weight excluding hydrogens is 518 g/mol. The number of furan rings is 1. The van der Waals surface area contributed by atoms with E-state index in [1.807, 2.05) is 30.3 Å². The van der Waals surface area contributed by atoms with E-state index in [9.17, 15) is 5.11 Å². The molecule has 0 amide bonds. The van der Waals surface area contributed by atoms with Crippen molar-refractivity contribution in [2.24, 2.45) is 5.10 Å². The summed E-state index contributed by atoms with van der Waals surface area (Å²) in [4.78, 5) is 13.2. The van der Waals surface area contributed by atoms with E-state index in [0.717, 1.165) is 17.2 Å². The monoisotopic (exact) mass is 539 g/mol. The second-order valence-electron chi connectivity index (χ2n) is 7.01. The molecule has 0 radical (unpaired) electrons. The van der Waals surface area contributed by atoms with Crippen molar-refractivity contribution in [1.29, 1.82) is 0 Å². The van der Waals surface area contributed by atoms with Gasteiger partial charge in [0.05, 0.1) is 33.2 Å². The van der Waals surface area contributed by atoms with Crippen LogP contribution in [0.2, 0.25) is 0 Å². The molecule has 4 rings (SSSR count). The van der Waals surface area contributed by atoms with E-state index in [-0.39, 0.29) is 11.7 Å². The van der Waals surface area contributed by atoms with Crippen LogP contribution in [0.3, 0.4) is 0 Å². The Morgan fingerprint density at radius 2 is 1.80 bits per heavy atom. The van der Waals surface area contributed by atoms with Crippen LogP contribution in [-0.4, -0.2) is 40.5 Å². The summed E-state index contributed by atoms with van der Waals surface area (Å²) in [5.74, 6) is 2.63. The van der Waals surface area contributed by atoms with Gasteiger partial charge >= 0.3 is 0 Å². The van der Waals surface area contributed by atoms with Gasteiger partial charge in [-0.1, -0.05) is 0 Å². The molecule has 0 aliphatic heterocycles. The van der Waals surface area contributed by atoms with Crippen LogP contribution in [0.25, 0.3) is 0 Å². The molecule has 2 aromatic heterocycles. The number of benzene rings is 2. The number of anilines is 4. The maximum absolute atomic E-state index is 9.88. The highest BCUT2D eigenvalue weighted by molar-refractivity contribution is 9.10. The molecule has 0 unspecified atom stereocenters. The molecule has 12 heteroatoms. The van der Waals surface area contributed by atoms with Crippen molar-refractivity contribution in [3.05, 3.63) is 70.6 Å². The summed E-state index contributed by atoms with van der Waals surface area (Å²) in [5, 5.41) is 20.3. The number of hydrazone groups is 1. The van der Waals surface area contributed by atoms with Gasteiger partial charge in [-0.25, -0.2) is 5.43 Å². The minimum Gasteiger partial charge on any atom is -0.504 e. The fraction of sp³-hybridized carbons (Fsp3) is 0.130. The second kappa shape index (κ2) is 11.2. The summed E-state index contributed by atoms with van der Waals surface area (Å²) in [5.41, 5.74) is 4.25. The van der Waals surface area contributed by atoms with Crippen molar-refractivity contribution in [1.82, 2.24) is 15.0 Å². The molecule has 0 saturated heterocycles. The topological polar surface area (TPSA) is 139 Å². The Kier molecular flexibility index (Phi) is 7.63. The molecule has 0 fully saturated rings. The zero-order valence-corrected chi connectivity index (χ0v) is 20.4. The average molecular weight is 540 g/mol. The lowest BCUT2D eigenvalue weighted by molar-refractivity contribution is 0.373. The van der Waals surface area contributed by atoms with E-state index in [1.54, 1.807) is 31.7 Å². The Labute approximate surface area is 209 Å². The Bertz CT molecular complexity index is 1300. The first-order valence-electron chi connectivity index (χ1n) is 10.3. The number of aromatic nitrogens is 3. The lowest BCUT2D eigenvalue weighted by Crippen LogP contribution is -2.09. The molecule has 2 aromatic carbocycles. The summed E-state index contributed by atoms with van der Waals surface area (Å²) < 4.78 is 16.3. The predicted molar refractivity (Wildman–Crippen MR) is 136 cm³/mol. The fourth-order valence-electron chi connectivity index (χ4n) is 2.92. The normalized spacial score (nSPS) is 10.8. The average Bonchev–Trinajstić information content (AvgIpc) is 3.38. The summed E-state index contributed by atoms with van der Waals surface area (Å²) in [6.07, 6.45) is 3.14. The number of aromatic hydroxyl groups is 1. The molecule has 180 valence electrons. The lowest BCUT2D eigenvalue weighted by Gasteiger charge is -2.10. The first-order valence-corrected chi connectivity index (χ1v) is 11.1. The Morgan fingerprint density at radius 1 is 1.03 bits per heavy atom. The molecule has 4 N–H and O–H groups in total. The molecule has 4 aromatic rings. The van der Waals surface area contributed by atoms with Gasteiger partial charge in [-0.15, -0.1) is 0 Å². The molecule has 11 nitrogen and oxygen atoms in total. The van der Waals surface area contributed by atoms with Crippen LogP contribution in [-0.2, 0) is 6.54 Å². The van der Waals surface area contributed by atoms with Crippen LogP contribution in [0.1, 0.15) is 11.3 Å². The first kappa shape index (κ1) is 23.8. The zero-order valence-electron chi connectivity index (χ0n) is 18.8. The van der Waals surface area contributed by atoms with E-state index < -0.39 is 0 Å². The molecule has 0 aliphatic rings. The largest absolute Gasteiger partial charge is 0.504 e. The van der Waals surface area contributed by atoms with Crippen LogP contribution in [0, 0.1) is 0 Å². The van der Waals surface area contributed by atoms with Crippen LogP contribution in [0.5, 0.6) is 17.2 Å². The molecule has 2 heterocycles. The number of nitrogens with zero attached hydrogens (tertiary/aromatic N) is 4. The van der Waals surface area contributed by atoms with Gasteiger partial charge in [-0.3, -0.25) is 0 Å². The van der Waals surface area contributed by atoms with E-state index in [0.29, 0.717) is 34.2 Å². The standard InChI is InChI=1S/C23H22BrN7O4/c1-33-16-7-5-15(6-8-16)27-22-28-21(25-13-17-4-3-9-35-17)29-23(30-22)31-26-12-14-10-20(34-2)19(32)11-18(14)24/h3-12,32H,13H2,1-2H3,(H3,25,27,28,29,30,31)/b26-12-. The van der Waals surface area contributed by atoms with Gasteiger partial charge in [0.25, 0.3) is 0 Å². The van der Waals surface area contributed by atoms with Crippen LogP contribution in [0.15, 0.2) is 68.8 Å². The minimum absolute atomic E-state index is 0.0171. The van der Waals surface area contributed by atoms with Crippen molar-refractivity contribution in [3.63, 3.8) is 0 Å². The SMILES string of the molecule is COc1ccc(Nc2nc(NCc3ccco3)nc(N/N=C\c3cc(OC)c(O)cc3Br)n2)cc1. The third-order valence-corrected chi connectivity index (χ3v) is 5.34. The first-order chi connectivity index (χ1) is 17.0. The number of methoxy groups -OCH3 is 2. The minimum atomic E-state index is 0.0171. The van der Waals surface area contributed by atoms with Gasteiger partial charge in [0, 0.05) is 15.7 Å². The van der Waals surface area contributed by atoms with Crippen molar-refractivity contribution in [2.75, 3.05) is 30.3 Å². The molecule has 0 atom stereocenters. The van der Waals surface area contributed by atoms with Crippen molar-refractivity contribution in [3.8, 4) is 17.2 Å². The third kappa shape index (κ3) is 6.38. The molecule has 0 aliphatic carbocycles. The van der Waals surface area contributed by atoms with Gasteiger partial charge in [0.1, 0.15) is 11.5 Å². The number of ether oxygens (including phenoxy) is 2. The Balaban J connectivity index is 1.55. The van der Waals surface area contributed by atoms with Gasteiger partial charge < -0.3 is 29.6 Å². The third-order valence-electron chi connectivity index (χ3n) is 4.65. The zero-order chi connectivity index (χ0) is 24.6. The number of hydrogen-bond donors (Lipinski definition) is 4. The van der Waals surface area contributed by atoms with Crippen molar-refractivity contribution >= 4 is 45.7 Å². The molecule has 0 saturated carbocycles. The van der Waals surface area contributed by atoms with Crippen molar-refractivity contribution < 1.29 is 19.0 Å². The smallest absolute Gasteiger partial charge is 0.250 e. The number of phenolic OH excluding ortho intramolecular Hbond substituents is 1. The molecular formula is C23H22BrN7O4. The summed E-state index contributed by atoms with van der Waals surface area (Å²) in [6, 6.07) is 14.2. The second-order valence-corrected chi connectivity index (χ2v) is 7.86. The summed E-state index contributed by atoms with van der Waals surface area (Å²) in [7, 11) is 3.08. The van der Waals surface area contributed by atoms with E-state index in [4.69, 9.17) is 13.9 Å². The van der Waals surface area contributed by atoms with Gasteiger partial charge in [-0.2, -0.15) is 20.1 Å². The highest BCUT2D eigenvalue weighted by Gasteiger charge is 2.09. The maximum atomic E-state index is 9.88. The maximum Gasteiger partial charge on any atom is 0.250 e. The summed E-state index contributed by atoms with van der Waals surface area (Å²) in [6.45, 7) is 0.391. The number of phenols is 1. The number of hydrogen-bond acceptors (Lipinski definition) is 11. The highest BCUT2D eigenvalue weighted by Crippen LogP contribution is 2.31.